The smallest absolute Gasteiger partial charge is 0.169 e. The van der Waals surface area contributed by atoms with Crippen LogP contribution in [0.1, 0.15) is 18.4 Å². The van der Waals surface area contributed by atoms with E-state index >= 15 is 0 Å². The topological polar surface area (TPSA) is 43.2 Å². The van der Waals surface area contributed by atoms with E-state index in [1.54, 1.807) is 11.9 Å². The van der Waals surface area contributed by atoms with E-state index in [0.717, 1.165) is 41.2 Å². The first-order valence-corrected chi connectivity index (χ1v) is 8.02. The van der Waals surface area contributed by atoms with E-state index in [-0.39, 0.29) is 0 Å². The van der Waals surface area contributed by atoms with Gasteiger partial charge in [0.25, 0.3) is 0 Å². The Balaban J connectivity index is 1.89. The van der Waals surface area contributed by atoms with E-state index in [0.29, 0.717) is 0 Å². The summed E-state index contributed by atoms with van der Waals surface area (Å²) < 4.78 is 5.75. The molecule has 1 fully saturated rings. The number of hydrogen-bond acceptors (Lipinski definition) is 4. The van der Waals surface area contributed by atoms with Crippen LogP contribution in [0, 0.1) is 6.92 Å². The van der Waals surface area contributed by atoms with Crippen molar-refractivity contribution < 1.29 is 4.74 Å². The second kappa shape index (κ2) is 5.57. The lowest BCUT2D eigenvalue weighted by Gasteiger charge is -2.22. The minimum Gasteiger partial charge on any atom is -0.492 e. The summed E-state index contributed by atoms with van der Waals surface area (Å²) in [5, 5.41) is 9.21. The fourth-order valence-electron chi connectivity index (χ4n) is 3.25. The van der Waals surface area contributed by atoms with Gasteiger partial charge in [0, 0.05) is 13.1 Å². The van der Waals surface area contributed by atoms with Gasteiger partial charge in [-0.25, -0.2) is 0 Å². The number of rotatable bonds is 3. The first-order chi connectivity index (χ1) is 11.3. The number of nitrogens with zero attached hydrogens (tertiary/aromatic N) is 4. The van der Waals surface area contributed by atoms with Gasteiger partial charge >= 0.3 is 0 Å². The largest absolute Gasteiger partial charge is 0.492 e. The van der Waals surface area contributed by atoms with Crippen LogP contribution < -0.4 is 9.64 Å². The summed E-state index contributed by atoms with van der Waals surface area (Å²) in [6.45, 7) is 4.26. The Kier molecular flexibility index (Phi) is 3.41. The number of fused-ring (bicyclic) bond motifs is 1. The van der Waals surface area contributed by atoms with Gasteiger partial charge in [0.05, 0.1) is 12.8 Å². The number of anilines is 1. The van der Waals surface area contributed by atoms with Gasteiger partial charge in [0.1, 0.15) is 16.7 Å². The molecule has 0 N–H and O–H groups in total. The van der Waals surface area contributed by atoms with Gasteiger partial charge in [-0.2, -0.15) is 0 Å². The van der Waals surface area contributed by atoms with Crippen LogP contribution in [0.2, 0.25) is 0 Å². The van der Waals surface area contributed by atoms with Crippen molar-refractivity contribution in [1.29, 1.82) is 0 Å². The summed E-state index contributed by atoms with van der Waals surface area (Å²) in [6.07, 6.45) is 2.46. The summed E-state index contributed by atoms with van der Waals surface area (Å²) in [6, 6.07) is 12.2. The van der Waals surface area contributed by atoms with Crippen LogP contribution in [0.3, 0.4) is 0 Å². The van der Waals surface area contributed by atoms with Crippen LogP contribution in [-0.2, 0) is 0 Å². The molecule has 2 aromatic carbocycles. The molecular formula is C18H20N4O. The standard InChI is InChI=1S/C18H20N4O/c1-13-11-16(21-9-5-6-10-21)18(23-2)17(12-13)22-19-14-7-3-4-8-15(14)20-22/h3-4,7-8,11-12H,5-6,9-10H2,1-2H3. The van der Waals surface area contributed by atoms with Gasteiger partial charge in [-0.15, -0.1) is 15.0 Å². The molecule has 3 aromatic rings. The minimum atomic E-state index is 0.845. The maximum Gasteiger partial charge on any atom is 0.169 e. The second-order valence-corrected chi connectivity index (χ2v) is 6.01. The number of benzene rings is 2. The predicted octanol–water partition coefficient (Wildman–Crippen LogP) is 3.34. The Hall–Kier alpha value is -2.56. The van der Waals surface area contributed by atoms with Crippen LogP contribution in [0.5, 0.6) is 5.75 Å². The van der Waals surface area contributed by atoms with Crippen molar-refractivity contribution in [2.45, 2.75) is 19.8 Å². The monoisotopic (exact) mass is 308 g/mol. The van der Waals surface area contributed by atoms with Gasteiger partial charge in [-0.3, -0.25) is 0 Å². The molecule has 1 aliphatic heterocycles. The molecule has 0 aliphatic carbocycles. The summed E-state index contributed by atoms with van der Waals surface area (Å²) in [5.74, 6) is 0.845. The molecule has 0 saturated carbocycles. The first kappa shape index (κ1) is 14.1. The number of ether oxygens (including phenoxy) is 1. The molecule has 1 saturated heterocycles. The molecule has 0 atom stereocenters. The van der Waals surface area contributed by atoms with Gasteiger partial charge in [0.2, 0.25) is 0 Å². The fourth-order valence-corrected chi connectivity index (χ4v) is 3.25. The summed E-state index contributed by atoms with van der Waals surface area (Å²) in [7, 11) is 1.72. The molecular weight excluding hydrogens is 288 g/mol. The van der Waals surface area contributed by atoms with Crippen molar-refractivity contribution in [3.05, 3.63) is 42.0 Å². The number of aromatic nitrogens is 3. The van der Waals surface area contributed by atoms with Crippen molar-refractivity contribution in [3.8, 4) is 11.4 Å². The Morgan fingerprint density at radius 1 is 0.957 bits per heavy atom. The molecule has 0 spiro atoms. The third-order valence-corrected chi connectivity index (χ3v) is 4.35. The van der Waals surface area contributed by atoms with E-state index in [1.165, 1.54) is 18.4 Å². The van der Waals surface area contributed by atoms with Crippen molar-refractivity contribution in [1.82, 2.24) is 15.0 Å². The number of aryl methyl sites for hydroxylation is 1. The lowest BCUT2D eigenvalue weighted by molar-refractivity contribution is 0.410. The molecule has 5 nitrogen and oxygen atoms in total. The zero-order valence-corrected chi connectivity index (χ0v) is 13.5. The molecule has 0 radical (unpaired) electrons. The number of hydrogen-bond donors (Lipinski definition) is 0. The van der Waals surface area contributed by atoms with Crippen LogP contribution in [0.4, 0.5) is 5.69 Å². The van der Waals surface area contributed by atoms with Gasteiger partial charge in [0.15, 0.2) is 5.75 Å². The lowest BCUT2D eigenvalue weighted by atomic mass is 10.1. The average molecular weight is 308 g/mol. The highest BCUT2D eigenvalue weighted by atomic mass is 16.5. The Labute approximate surface area is 135 Å². The minimum absolute atomic E-state index is 0.845. The molecule has 1 aliphatic rings. The van der Waals surface area contributed by atoms with Gasteiger partial charge in [-0.1, -0.05) is 12.1 Å². The quantitative estimate of drug-likeness (QED) is 0.744. The molecule has 0 amide bonds. The molecule has 0 unspecified atom stereocenters. The molecule has 118 valence electrons. The highest BCUT2D eigenvalue weighted by Crippen LogP contribution is 2.37. The summed E-state index contributed by atoms with van der Waals surface area (Å²) in [4.78, 5) is 4.08. The van der Waals surface area contributed by atoms with Crippen LogP contribution >= 0.6 is 0 Å². The average Bonchev–Trinajstić information content (AvgIpc) is 3.23. The Bertz CT molecular complexity index is 816. The van der Waals surface area contributed by atoms with E-state index in [2.05, 4.69) is 34.2 Å². The van der Waals surface area contributed by atoms with Crippen molar-refractivity contribution in [2.75, 3.05) is 25.1 Å². The van der Waals surface area contributed by atoms with E-state index in [9.17, 15) is 0 Å². The third kappa shape index (κ3) is 2.42. The fraction of sp³-hybridized carbons (Fsp3) is 0.333. The van der Waals surface area contributed by atoms with Gasteiger partial charge < -0.3 is 9.64 Å². The predicted molar refractivity (Wildman–Crippen MR) is 91.6 cm³/mol. The van der Waals surface area contributed by atoms with E-state index in [1.807, 2.05) is 24.3 Å². The van der Waals surface area contributed by atoms with E-state index in [4.69, 9.17) is 4.74 Å². The van der Waals surface area contributed by atoms with Crippen LogP contribution in [0.15, 0.2) is 36.4 Å². The summed E-state index contributed by atoms with van der Waals surface area (Å²) in [5.41, 5.74) is 4.99. The molecule has 1 aromatic heterocycles. The maximum atomic E-state index is 5.75. The van der Waals surface area contributed by atoms with Crippen LogP contribution in [0.25, 0.3) is 16.7 Å². The SMILES string of the molecule is COc1c(N2CCCC2)cc(C)cc1-n1nc2ccccc2n1. The normalized spacial score (nSPS) is 14.6. The highest BCUT2D eigenvalue weighted by molar-refractivity contribution is 5.75. The first-order valence-electron chi connectivity index (χ1n) is 8.02. The maximum absolute atomic E-state index is 5.75. The van der Waals surface area contributed by atoms with Crippen LogP contribution in [-0.4, -0.2) is 35.2 Å². The second-order valence-electron chi connectivity index (χ2n) is 6.01. The molecule has 23 heavy (non-hydrogen) atoms. The summed E-state index contributed by atoms with van der Waals surface area (Å²) >= 11 is 0. The van der Waals surface area contributed by atoms with Crippen molar-refractivity contribution >= 4 is 16.7 Å². The molecule has 0 bridgehead atoms. The zero-order chi connectivity index (χ0) is 15.8. The molecule has 2 heterocycles. The highest BCUT2D eigenvalue weighted by Gasteiger charge is 2.21. The Morgan fingerprint density at radius 3 is 2.17 bits per heavy atom. The number of methoxy groups -OCH3 is 1. The lowest BCUT2D eigenvalue weighted by Crippen LogP contribution is -2.19. The van der Waals surface area contributed by atoms with Gasteiger partial charge in [-0.05, 0) is 49.6 Å². The molecule has 5 heteroatoms. The zero-order valence-electron chi connectivity index (χ0n) is 13.5. The van der Waals surface area contributed by atoms with E-state index < -0.39 is 0 Å². The molecule has 4 rings (SSSR count). The van der Waals surface area contributed by atoms with Crippen molar-refractivity contribution in [3.63, 3.8) is 0 Å². The van der Waals surface area contributed by atoms with Crippen molar-refractivity contribution in [2.24, 2.45) is 0 Å². The Morgan fingerprint density at radius 2 is 1.57 bits per heavy atom. The third-order valence-electron chi connectivity index (χ3n) is 4.35.